The average molecular weight is 141 g/mol. The molecule has 0 radical (unpaired) electrons. The molecule has 1 N–H and O–H groups in total. The Balaban J connectivity index is 0.000000371. The van der Waals surface area contributed by atoms with E-state index in [0.717, 1.165) is 17.7 Å². The van der Waals surface area contributed by atoms with Gasteiger partial charge >= 0.3 is 0 Å². The normalized spacial score (nSPS) is 16.2. The molecule has 0 spiro atoms. The lowest BCUT2D eigenvalue weighted by atomic mass is 10.2. The Labute approximate surface area is 62.3 Å². The number of hydrogen-bond acceptors (Lipinski definition) is 1. The third-order valence-corrected chi connectivity index (χ3v) is 1.49. The van der Waals surface area contributed by atoms with Gasteiger partial charge in [0.15, 0.2) is 0 Å². The van der Waals surface area contributed by atoms with Gasteiger partial charge in [-0.25, -0.2) is 0 Å². The van der Waals surface area contributed by atoms with Gasteiger partial charge in [0.2, 0.25) is 5.91 Å². The van der Waals surface area contributed by atoms with Gasteiger partial charge in [-0.1, -0.05) is 13.8 Å². The number of nitrogens with one attached hydrogen (secondary N) is 1. The highest BCUT2D eigenvalue weighted by molar-refractivity contribution is 5.96. The summed E-state index contributed by atoms with van der Waals surface area (Å²) in [6, 6.07) is 0. The van der Waals surface area contributed by atoms with Gasteiger partial charge in [-0.2, -0.15) is 0 Å². The Bertz CT molecular complexity index is 159. The van der Waals surface area contributed by atoms with E-state index in [1.807, 2.05) is 27.7 Å². The summed E-state index contributed by atoms with van der Waals surface area (Å²) in [4.78, 5) is 10.6. The first-order valence-corrected chi connectivity index (χ1v) is 3.66. The average Bonchev–Trinajstić information content (AvgIpc) is 2.25. The lowest BCUT2D eigenvalue weighted by molar-refractivity contribution is -0.116. The summed E-state index contributed by atoms with van der Waals surface area (Å²) in [5.74, 6) is 0.0856. The van der Waals surface area contributed by atoms with Crippen LogP contribution in [-0.4, -0.2) is 12.5 Å². The first kappa shape index (κ1) is 9.21. The molecule has 2 nitrogen and oxygen atoms in total. The molecule has 1 rings (SSSR count). The molecule has 0 aromatic rings. The highest BCUT2D eigenvalue weighted by Gasteiger charge is 2.13. The quantitative estimate of drug-likeness (QED) is 0.544. The van der Waals surface area contributed by atoms with Gasteiger partial charge in [-0.3, -0.25) is 4.79 Å². The van der Waals surface area contributed by atoms with Crippen molar-refractivity contribution in [1.82, 2.24) is 5.32 Å². The molecule has 1 amide bonds. The zero-order chi connectivity index (χ0) is 8.15. The summed E-state index contributed by atoms with van der Waals surface area (Å²) in [5.41, 5.74) is 2.04. The Kier molecular flexibility index (Phi) is 3.77. The van der Waals surface area contributed by atoms with Crippen LogP contribution < -0.4 is 5.32 Å². The molecule has 0 aliphatic carbocycles. The molecule has 10 heavy (non-hydrogen) atoms. The van der Waals surface area contributed by atoms with Crippen LogP contribution in [0.25, 0.3) is 0 Å². The Morgan fingerprint density at radius 3 is 1.90 bits per heavy atom. The Morgan fingerprint density at radius 1 is 1.30 bits per heavy atom. The highest BCUT2D eigenvalue weighted by atomic mass is 16.1. The fraction of sp³-hybridized carbons (Fsp3) is 0.625. The van der Waals surface area contributed by atoms with Gasteiger partial charge in [0.25, 0.3) is 0 Å². The Hall–Kier alpha value is -0.790. The topological polar surface area (TPSA) is 29.1 Å². The van der Waals surface area contributed by atoms with E-state index in [-0.39, 0.29) is 5.91 Å². The summed E-state index contributed by atoms with van der Waals surface area (Å²) in [5, 5.41) is 2.71. The fourth-order valence-corrected chi connectivity index (χ4v) is 0.672. The summed E-state index contributed by atoms with van der Waals surface area (Å²) in [6.45, 7) is 8.55. The molecule has 0 saturated heterocycles. The minimum atomic E-state index is 0.0856. The number of hydrogen-bond donors (Lipinski definition) is 1. The van der Waals surface area contributed by atoms with E-state index < -0.39 is 0 Å². The van der Waals surface area contributed by atoms with Crippen LogP contribution in [0.15, 0.2) is 11.1 Å². The highest BCUT2D eigenvalue weighted by Crippen LogP contribution is 2.07. The maximum absolute atomic E-state index is 10.6. The first-order valence-electron chi connectivity index (χ1n) is 3.66. The molecule has 0 aromatic carbocycles. The fourth-order valence-electron chi connectivity index (χ4n) is 0.672. The summed E-state index contributed by atoms with van der Waals surface area (Å²) < 4.78 is 0. The molecule has 0 fully saturated rings. The molecule has 1 heterocycles. The van der Waals surface area contributed by atoms with E-state index in [1.165, 1.54) is 0 Å². The lowest BCUT2D eigenvalue weighted by Crippen LogP contribution is -2.16. The van der Waals surface area contributed by atoms with Gasteiger partial charge < -0.3 is 5.32 Å². The first-order chi connectivity index (χ1) is 4.72. The number of amides is 1. The van der Waals surface area contributed by atoms with Crippen LogP contribution in [0.3, 0.4) is 0 Å². The van der Waals surface area contributed by atoms with Gasteiger partial charge in [-0.05, 0) is 19.4 Å². The van der Waals surface area contributed by atoms with Crippen molar-refractivity contribution in [3.05, 3.63) is 11.1 Å². The second-order valence-electron chi connectivity index (χ2n) is 2.09. The van der Waals surface area contributed by atoms with Crippen molar-refractivity contribution in [2.75, 3.05) is 6.54 Å². The predicted molar refractivity (Wildman–Crippen MR) is 42.7 cm³/mol. The zero-order valence-corrected chi connectivity index (χ0v) is 7.12. The van der Waals surface area contributed by atoms with Crippen LogP contribution in [0.5, 0.6) is 0 Å². The standard InChI is InChI=1S/C6H9NO.C2H6/c1-4-3-7-6(8)5(4)2;1-2/h3H2,1-2H3,(H,7,8);1-2H3. The molecule has 0 bridgehead atoms. The molecule has 0 unspecified atom stereocenters. The van der Waals surface area contributed by atoms with Crippen molar-refractivity contribution in [2.24, 2.45) is 0 Å². The van der Waals surface area contributed by atoms with Crippen LogP contribution in [0.2, 0.25) is 0 Å². The van der Waals surface area contributed by atoms with Gasteiger partial charge in [0, 0.05) is 12.1 Å². The monoisotopic (exact) mass is 141 g/mol. The van der Waals surface area contributed by atoms with Crippen molar-refractivity contribution < 1.29 is 4.79 Å². The second-order valence-corrected chi connectivity index (χ2v) is 2.09. The SMILES string of the molecule is CC.CC1=C(C)C(=O)NC1. The molecule has 1 aliphatic rings. The van der Waals surface area contributed by atoms with E-state index in [0.29, 0.717) is 0 Å². The van der Waals surface area contributed by atoms with E-state index >= 15 is 0 Å². The Morgan fingerprint density at radius 2 is 1.80 bits per heavy atom. The minimum Gasteiger partial charge on any atom is -0.349 e. The molecule has 1 aliphatic heterocycles. The van der Waals surface area contributed by atoms with Gasteiger partial charge in [0.05, 0.1) is 0 Å². The summed E-state index contributed by atoms with van der Waals surface area (Å²) in [6.07, 6.45) is 0. The van der Waals surface area contributed by atoms with E-state index in [1.54, 1.807) is 0 Å². The lowest BCUT2D eigenvalue weighted by Gasteiger charge is -1.85. The van der Waals surface area contributed by atoms with Crippen LogP contribution in [-0.2, 0) is 4.79 Å². The van der Waals surface area contributed by atoms with Crippen LogP contribution in [0, 0.1) is 0 Å². The second kappa shape index (κ2) is 4.09. The summed E-state index contributed by atoms with van der Waals surface area (Å²) in [7, 11) is 0. The summed E-state index contributed by atoms with van der Waals surface area (Å²) >= 11 is 0. The zero-order valence-electron chi connectivity index (χ0n) is 7.12. The molecule has 2 heteroatoms. The number of carbonyl (C=O) groups is 1. The minimum absolute atomic E-state index is 0.0856. The smallest absolute Gasteiger partial charge is 0.247 e. The molecule has 0 atom stereocenters. The van der Waals surface area contributed by atoms with E-state index in [9.17, 15) is 4.79 Å². The van der Waals surface area contributed by atoms with Crippen molar-refractivity contribution in [3.63, 3.8) is 0 Å². The van der Waals surface area contributed by atoms with Crippen LogP contribution in [0.1, 0.15) is 27.7 Å². The predicted octanol–water partition coefficient (Wildman–Crippen LogP) is 1.48. The van der Waals surface area contributed by atoms with Crippen molar-refractivity contribution in [1.29, 1.82) is 0 Å². The van der Waals surface area contributed by atoms with Gasteiger partial charge in [0.1, 0.15) is 0 Å². The van der Waals surface area contributed by atoms with Crippen molar-refractivity contribution in [3.8, 4) is 0 Å². The molecular weight excluding hydrogens is 126 g/mol. The molecule has 0 aromatic heterocycles. The maximum atomic E-state index is 10.6. The maximum Gasteiger partial charge on any atom is 0.247 e. The largest absolute Gasteiger partial charge is 0.349 e. The van der Waals surface area contributed by atoms with Crippen LogP contribution >= 0.6 is 0 Å². The van der Waals surface area contributed by atoms with Gasteiger partial charge in [-0.15, -0.1) is 0 Å². The molecule has 58 valence electrons. The van der Waals surface area contributed by atoms with Crippen molar-refractivity contribution >= 4 is 5.91 Å². The van der Waals surface area contributed by atoms with E-state index in [4.69, 9.17) is 0 Å². The third kappa shape index (κ3) is 1.87. The number of carbonyl (C=O) groups excluding carboxylic acids is 1. The van der Waals surface area contributed by atoms with E-state index in [2.05, 4.69) is 5.32 Å². The van der Waals surface area contributed by atoms with Crippen LogP contribution in [0.4, 0.5) is 0 Å². The molecular formula is C8H15NO. The number of rotatable bonds is 0. The van der Waals surface area contributed by atoms with Crippen molar-refractivity contribution in [2.45, 2.75) is 27.7 Å². The molecule has 0 saturated carbocycles. The third-order valence-electron chi connectivity index (χ3n) is 1.49.